The second-order valence-corrected chi connectivity index (χ2v) is 5.87. The van der Waals surface area contributed by atoms with E-state index in [1.807, 2.05) is 25.1 Å². The van der Waals surface area contributed by atoms with E-state index in [1.165, 1.54) is 29.0 Å². The summed E-state index contributed by atoms with van der Waals surface area (Å²) in [5.74, 6) is 0.145. The van der Waals surface area contributed by atoms with Gasteiger partial charge in [0.1, 0.15) is 11.6 Å². The van der Waals surface area contributed by atoms with Crippen LogP contribution in [0.2, 0.25) is 0 Å². The van der Waals surface area contributed by atoms with Crippen LogP contribution in [-0.2, 0) is 11.2 Å². The molecular formula is C17H17FOS. The number of hydrogen-bond donors (Lipinski definition) is 0. The van der Waals surface area contributed by atoms with Crippen molar-refractivity contribution < 1.29 is 9.18 Å². The van der Waals surface area contributed by atoms with Gasteiger partial charge >= 0.3 is 0 Å². The Bertz CT molecular complexity index is 622. The molecule has 2 rings (SSSR count). The molecule has 1 nitrogen and oxygen atoms in total. The lowest BCUT2D eigenvalue weighted by Gasteiger charge is -2.05. The molecule has 0 bridgehead atoms. The molecule has 20 heavy (non-hydrogen) atoms. The summed E-state index contributed by atoms with van der Waals surface area (Å²) < 4.78 is 13.4. The topological polar surface area (TPSA) is 17.1 Å². The average molecular weight is 288 g/mol. The van der Waals surface area contributed by atoms with Crippen LogP contribution in [0.3, 0.4) is 0 Å². The lowest BCUT2D eigenvalue weighted by molar-refractivity contribution is -0.116. The molecule has 0 heterocycles. The monoisotopic (exact) mass is 288 g/mol. The molecule has 2 aromatic carbocycles. The first-order chi connectivity index (χ1) is 9.56. The predicted octanol–water partition coefficient (Wildman–Crippen LogP) is 4.35. The van der Waals surface area contributed by atoms with Gasteiger partial charge in [-0.3, -0.25) is 4.79 Å². The van der Waals surface area contributed by atoms with Crippen LogP contribution >= 0.6 is 11.8 Å². The van der Waals surface area contributed by atoms with Gasteiger partial charge in [0.2, 0.25) is 0 Å². The van der Waals surface area contributed by atoms with Gasteiger partial charge in [0, 0.05) is 11.3 Å². The Hall–Kier alpha value is -1.61. The summed E-state index contributed by atoms with van der Waals surface area (Å²) >= 11 is 1.26. The number of aryl methyl sites for hydroxylation is 2. The lowest BCUT2D eigenvalue weighted by atomic mass is 10.0. The van der Waals surface area contributed by atoms with Crippen LogP contribution in [0.15, 0.2) is 47.4 Å². The fraction of sp³-hybridized carbons (Fsp3) is 0.235. The van der Waals surface area contributed by atoms with E-state index in [1.54, 1.807) is 18.2 Å². The van der Waals surface area contributed by atoms with Crippen molar-refractivity contribution in [2.24, 2.45) is 0 Å². The second kappa shape index (κ2) is 6.71. The molecule has 0 aliphatic heterocycles. The number of hydrogen-bond acceptors (Lipinski definition) is 2. The molecule has 0 unspecified atom stereocenters. The Kier molecular flexibility index (Phi) is 4.96. The summed E-state index contributed by atoms with van der Waals surface area (Å²) in [5.41, 5.74) is 3.44. The smallest absolute Gasteiger partial charge is 0.147 e. The SMILES string of the molecule is Cc1ccc(CC(=O)CSc2ccccc2F)cc1C. The Balaban J connectivity index is 1.93. The van der Waals surface area contributed by atoms with E-state index in [-0.39, 0.29) is 11.6 Å². The van der Waals surface area contributed by atoms with Gasteiger partial charge < -0.3 is 0 Å². The summed E-state index contributed by atoms with van der Waals surface area (Å²) in [5, 5.41) is 0. The molecule has 0 saturated heterocycles. The number of benzene rings is 2. The average Bonchev–Trinajstić information content (AvgIpc) is 2.42. The zero-order valence-electron chi connectivity index (χ0n) is 11.7. The summed E-state index contributed by atoms with van der Waals surface area (Å²) in [6.07, 6.45) is 0.405. The van der Waals surface area contributed by atoms with E-state index in [0.717, 1.165) is 5.56 Å². The zero-order chi connectivity index (χ0) is 14.5. The Labute approximate surface area is 123 Å². The second-order valence-electron chi connectivity index (χ2n) is 4.85. The predicted molar refractivity (Wildman–Crippen MR) is 81.8 cm³/mol. The minimum absolute atomic E-state index is 0.113. The lowest BCUT2D eigenvalue weighted by Crippen LogP contribution is -2.06. The van der Waals surface area contributed by atoms with Crippen LogP contribution in [0.4, 0.5) is 4.39 Å². The van der Waals surface area contributed by atoms with E-state index in [9.17, 15) is 9.18 Å². The third kappa shape index (κ3) is 3.94. The van der Waals surface area contributed by atoms with Gasteiger partial charge in [-0.25, -0.2) is 4.39 Å². The number of carbonyl (C=O) groups is 1. The van der Waals surface area contributed by atoms with Crippen molar-refractivity contribution in [2.75, 3.05) is 5.75 Å². The molecule has 3 heteroatoms. The van der Waals surface area contributed by atoms with Crippen LogP contribution < -0.4 is 0 Å². The highest BCUT2D eigenvalue weighted by Gasteiger charge is 2.08. The standard InChI is InChI=1S/C17H17FOS/c1-12-7-8-14(9-13(12)2)10-15(19)11-20-17-6-4-3-5-16(17)18/h3-9H,10-11H2,1-2H3. The van der Waals surface area contributed by atoms with Crippen LogP contribution in [-0.4, -0.2) is 11.5 Å². The fourth-order valence-electron chi connectivity index (χ4n) is 1.91. The molecule has 104 valence electrons. The Morgan fingerprint density at radius 1 is 1.10 bits per heavy atom. The summed E-state index contributed by atoms with van der Waals surface area (Å²) in [6.45, 7) is 4.09. The molecule has 0 fully saturated rings. The number of Topliss-reactive ketones (excluding diaryl/α,β-unsaturated/α-hetero) is 1. The van der Waals surface area contributed by atoms with Gasteiger partial charge in [0.15, 0.2) is 0 Å². The van der Waals surface area contributed by atoms with Crippen molar-refractivity contribution in [1.29, 1.82) is 0 Å². The Morgan fingerprint density at radius 3 is 2.55 bits per heavy atom. The zero-order valence-corrected chi connectivity index (χ0v) is 12.5. The highest BCUT2D eigenvalue weighted by Crippen LogP contribution is 2.21. The molecule has 0 amide bonds. The highest BCUT2D eigenvalue weighted by atomic mass is 32.2. The molecule has 0 aliphatic carbocycles. The first-order valence-corrected chi connectivity index (χ1v) is 7.50. The van der Waals surface area contributed by atoms with E-state index in [2.05, 4.69) is 6.92 Å². The van der Waals surface area contributed by atoms with Crippen LogP contribution in [0.25, 0.3) is 0 Å². The Morgan fingerprint density at radius 2 is 1.85 bits per heavy atom. The van der Waals surface area contributed by atoms with Crippen molar-refractivity contribution in [2.45, 2.75) is 25.2 Å². The molecule has 0 aromatic heterocycles. The van der Waals surface area contributed by atoms with Crippen molar-refractivity contribution in [3.8, 4) is 0 Å². The molecule has 0 radical (unpaired) electrons. The van der Waals surface area contributed by atoms with Crippen molar-refractivity contribution in [1.82, 2.24) is 0 Å². The van der Waals surface area contributed by atoms with Gasteiger partial charge in [-0.15, -0.1) is 11.8 Å². The maximum Gasteiger partial charge on any atom is 0.147 e. The van der Waals surface area contributed by atoms with Gasteiger partial charge in [-0.1, -0.05) is 30.3 Å². The molecule has 0 N–H and O–H groups in total. The summed E-state index contributed by atoms with van der Waals surface area (Å²) in [6, 6.07) is 12.6. The quantitative estimate of drug-likeness (QED) is 0.761. The highest BCUT2D eigenvalue weighted by molar-refractivity contribution is 8.00. The van der Waals surface area contributed by atoms with Gasteiger partial charge in [-0.05, 0) is 42.7 Å². The van der Waals surface area contributed by atoms with Crippen LogP contribution in [0.5, 0.6) is 0 Å². The number of carbonyl (C=O) groups excluding carboxylic acids is 1. The number of ketones is 1. The minimum Gasteiger partial charge on any atom is -0.298 e. The van der Waals surface area contributed by atoms with Gasteiger partial charge in [0.05, 0.1) is 5.75 Å². The molecule has 0 atom stereocenters. The number of thioether (sulfide) groups is 1. The van der Waals surface area contributed by atoms with Crippen LogP contribution in [0, 0.1) is 19.7 Å². The fourth-order valence-corrected chi connectivity index (χ4v) is 2.71. The first-order valence-electron chi connectivity index (χ1n) is 6.51. The van der Waals surface area contributed by atoms with Crippen molar-refractivity contribution >= 4 is 17.5 Å². The van der Waals surface area contributed by atoms with E-state index >= 15 is 0 Å². The number of rotatable bonds is 5. The van der Waals surface area contributed by atoms with E-state index in [4.69, 9.17) is 0 Å². The maximum absolute atomic E-state index is 13.4. The molecule has 0 aliphatic rings. The summed E-state index contributed by atoms with van der Waals surface area (Å²) in [7, 11) is 0. The normalized spacial score (nSPS) is 10.6. The van der Waals surface area contributed by atoms with E-state index < -0.39 is 0 Å². The maximum atomic E-state index is 13.4. The minimum atomic E-state index is -0.267. The van der Waals surface area contributed by atoms with Crippen molar-refractivity contribution in [3.05, 3.63) is 65.0 Å². The molecule has 2 aromatic rings. The van der Waals surface area contributed by atoms with Crippen LogP contribution in [0.1, 0.15) is 16.7 Å². The third-order valence-corrected chi connectivity index (χ3v) is 4.31. The molecule has 0 saturated carbocycles. The third-order valence-electron chi connectivity index (χ3n) is 3.20. The largest absolute Gasteiger partial charge is 0.298 e. The number of halogens is 1. The van der Waals surface area contributed by atoms with Crippen molar-refractivity contribution in [3.63, 3.8) is 0 Å². The van der Waals surface area contributed by atoms with Gasteiger partial charge in [-0.2, -0.15) is 0 Å². The first kappa shape index (κ1) is 14.8. The summed E-state index contributed by atoms with van der Waals surface area (Å²) in [4.78, 5) is 12.5. The van der Waals surface area contributed by atoms with E-state index in [0.29, 0.717) is 17.1 Å². The van der Waals surface area contributed by atoms with Gasteiger partial charge in [0.25, 0.3) is 0 Å². The molecule has 0 spiro atoms. The molecular weight excluding hydrogens is 271 g/mol.